The maximum atomic E-state index is 8.69. The molecule has 0 saturated heterocycles. The van der Waals surface area contributed by atoms with Crippen LogP contribution in [-0.2, 0) is 0 Å². The maximum absolute atomic E-state index is 8.69. The number of hydrogen-bond acceptors (Lipinski definition) is 3. The third kappa shape index (κ3) is 6.02. The van der Waals surface area contributed by atoms with Crippen LogP contribution in [0.25, 0.3) is 0 Å². The average molecular weight is 188 g/mol. The first-order chi connectivity index (χ1) is 6.18. The molecule has 0 aliphatic carbocycles. The number of nitrogens with one attached hydrogen (secondary N) is 1. The van der Waals surface area contributed by atoms with E-state index in [4.69, 9.17) is 10.8 Å². The van der Waals surface area contributed by atoms with Crippen LogP contribution in [0.3, 0.4) is 0 Å². The van der Waals surface area contributed by atoms with Gasteiger partial charge in [-0.15, -0.1) is 0 Å². The van der Waals surface area contributed by atoms with Crippen LogP contribution in [0.5, 0.6) is 0 Å². The van der Waals surface area contributed by atoms with Crippen molar-refractivity contribution in [1.29, 1.82) is 0 Å². The van der Waals surface area contributed by atoms with Crippen molar-refractivity contribution < 1.29 is 5.11 Å². The van der Waals surface area contributed by atoms with Gasteiger partial charge >= 0.3 is 0 Å². The van der Waals surface area contributed by atoms with Crippen LogP contribution >= 0.6 is 0 Å². The second-order valence-electron chi connectivity index (χ2n) is 3.87. The zero-order valence-corrected chi connectivity index (χ0v) is 8.97. The van der Waals surface area contributed by atoms with E-state index < -0.39 is 0 Å². The molecule has 3 heteroatoms. The Labute approximate surface area is 81.7 Å². The van der Waals surface area contributed by atoms with Crippen molar-refractivity contribution in [3.05, 3.63) is 0 Å². The second kappa shape index (κ2) is 7.30. The smallest absolute Gasteiger partial charge is 0.0556 e. The lowest BCUT2D eigenvalue weighted by molar-refractivity contribution is 0.252. The molecule has 3 nitrogen and oxygen atoms in total. The summed E-state index contributed by atoms with van der Waals surface area (Å²) in [7, 11) is 0. The first-order valence-electron chi connectivity index (χ1n) is 5.24. The molecule has 0 aromatic rings. The van der Waals surface area contributed by atoms with Crippen LogP contribution in [0.1, 0.15) is 39.5 Å². The van der Waals surface area contributed by atoms with Crippen molar-refractivity contribution in [2.75, 3.05) is 19.7 Å². The quantitative estimate of drug-likeness (QED) is 0.495. The molecule has 1 atom stereocenters. The Kier molecular flexibility index (Phi) is 7.23. The monoisotopic (exact) mass is 188 g/mol. The van der Waals surface area contributed by atoms with Crippen LogP contribution < -0.4 is 11.1 Å². The molecule has 0 aliphatic rings. The second-order valence-corrected chi connectivity index (χ2v) is 3.87. The van der Waals surface area contributed by atoms with Gasteiger partial charge in [-0.2, -0.15) is 0 Å². The summed E-state index contributed by atoms with van der Waals surface area (Å²) in [6.07, 6.45) is 4.80. The van der Waals surface area contributed by atoms with E-state index in [1.807, 2.05) is 0 Å². The summed E-state index contributed by atoms with van der Waals surface area (Å²) in [6, 6.07) is 0. The van der Waals surface area contributed by atoms with E-state index in [0.29, 0.717) is 13.1 Å². The van der Waals surface area contributed by atoms with Crippen molar-refractivity contribution in [2.24, 2.45) is 5.73 Å². The van der Waals surface area contributed by atoms with Crippen molar-refractivity contribution >= 4 is 0 Å². The van der Waals surface area contributed by atoms with Crippen molar-refractivity contribution in [3.63, 3.8) is 0 Å². The zero-order chi connectivity index (χ0) is 10.2. The molecular weight excluding hydrogens is 164 g/mol. The van der Waals surface area contributed by atoms with Crippen LogP contribution in [0, 0.1) is 0 Å². The van der Waals surface area contributed by atoms with Gasteiger partial charge in [0.05, 0.1) is 6.61 Å². The Morgan fingerprint density at radius 1 is 1.38 bits per heavy atom. The Bertz CT molecular complexity index is 119. The molecule has 0 rings (SSSR count). The number of nitrogens with two attached hydrogens (primary N) is 1. The third-order valence-corrected chi connectivity index (χ3v) is 2.45. The van der Waals surface area contributed by atoms with E-state index in [2.05, 4.69) is 19.2 Å². The third-order valence-electron chi connectivity index (χ3n) is 2.45. The van der Waals surface area contributed by atoms with Gasteiger partial charge in [0.1, 0.15) is 0 Å². The molecule has 0 aliphatic heterocycles. The summed E-state index contributed by atoms with van der Waals surface area (Å²) >= 11 is 0. The molecule has 0 aromatic carbocycles. The molecule has 13 heavy (non-hydrogen) atoms. The van der Waals surface area contributed by atoms with E-state index >= 15 is 0 Å². The lowest BCUT2D eigenvalue weighted by Gasteiger charge is -2.29. The van der Waals surface area contributed by atoms with E-state index in [-0.39, 0.29) is 12.1 Å². The Morgan fingerprint density at radius 2 is 2.08 bits per heavy atom. The average Bonchev–Trinajstić information content (AvgIpc) is 2.15. The van der Waals surface area contributed by atoms with E-state index in [1.165, 1.54) is 19.3 Å². The number of β-amino-alcohol motifs (C(OH)–C–C–N with tert-alkyl or cyclic N) is 1. The van der Waals surface area contributed by atoms with Crippen LogP contribution in [0.4, 0.5) is 0 Å². The van der Waals surface area contributed by atoms with Crippen LogP contribution in [-0.4, -0.2) is 30.3 Å². The van der Waals surface area contributed by atoms with Crippen molar-refractivity contribution in [1.82, 2.24) is 5.32 Å². The highest BCUT2D eigenvalue weighted by Gasteiger charge is 2.19. The molecule has 0 saturated carbocycles. The molecule has 0 aromatic heterocycles. The van der Waals surface area contributed by atoms with Gasteiger partial charge in [-0.3, -0.25) is 0 Å². The minimum absolute atomic E-state index is 0.0118. The normalized spacial score (nSPS) is 15.7. The first kappa shape index (κ1) is 12.9. The van der Waals surface area contributed by atoms with E-state index in [1.54, 1.807) is 0 Å². The number of aliphatic hydroxyl groups is 1. The zero-order valence-electron chi connectivity index (χ0n) is 8.97. The standard InChI is InChI=1S/C10H24N2O/c1-3-4-5-6-10(2,9-11)12-7-8-13/h12-13H,3-9,11H2,1-2H3. The van der Waals surface area contributed by atoms with Crippen molar-refractivity contribution in [3.8, 4) is 0 Å². The first-order valence-corrected chi connectivity index (χ1v) is 5.24. The molecule has 0 heterocycles. The summed E-state index contributed by atoms with van der Waals surface area (Å²) in [4.78, 5) is 0. The number of rotatable bonds is 8. The summed E-state index contributed by atoms with van der Waals surface area (Å²) in [5.41, 5.74) is 5.70. The summed E-state index contributed by atoms with van der Waals surface area (Å²) < 4.78 is 0. The molecule has 0 amide bonds. The Morgan fingerprint density at radius 3 is 2.54 bits per heavy atom. The van der Waals surface area contributed by atoms with Gasteiger partial charge in [0.2, 0.25) is 0 Å². The number of hydrogen-bond donors (Lipinski definition) is 3. The van der Waals surface area contributed by atoms with E-state index in [0.717, 1.165) is 6.42 Å². The molecule has 80 valence electrons. The van der Waals surface area contributed by atoms with Gasteiger partial charge in [0, 0.05) is 18.6 Å². The van der Waals surface area contributed by atoms with E-state index in [9.17, 15) is 0 Å². The molecule has 0 spiro atoms. The van der Waals surface area contributed by atoms with Crippen molar-refractivity contribution in [2.45, 2.75) is 45.1 Å². The Balaban J connectivity index is 3.67. The van der Waals surface area contributed by atoms with Crippen LogP contribution in [0.15, 0.2) is 0 Å². The predicted molar refractivity (Wildman–Crippen MR) is 56.7 cm³/mol. The maximum Gasteiger partial charge on any atom is 0.0556 e. The SMILES string of the molecule is CCCCCC(C)(CN)NCCO. The predicted octanol–water partition coefficient (Wildman–Crippen LogP) is 0.866. The minimum atomic E-state index is 0.0118. The lowest BCUT2D eigenvalue weighted by atomic mass is 9.94. The fraction of sp³-hybridized carbons (Fsp3) is 1.00. The topological polar surface area (TPSA) is 58.3 Å². The van der Waals surface area contributed by atoms with Gasteiger partial charge < -0.3 is 16.2 Å². The molecule has 0 fully saturated rings. The fourth-order valence-corrected chi connectivity index (χ4v) is 1.39. The molecule has 0 radical (unpaired) electrons. The Hall–Kier alpha value is -0.120. The van der Waals surface area contributed by atoms with Gasteiger partial charge in [-0.05, 0) is 13.3 Å². The summed E-state index contributed by atoms with van der Waals surface area (Å²) in [6.45, 7) is 5.78. The van der Waals surface area contributed by atoms with Gasteiger partial charge in [0.25, 0.3) is 0 Å². The fourth-order valence-electron chi connectivity index (χ4n) is 1.39. The number of aliphatic hydroxyl groups excluding tert-OH is 1. The summed E-state index contributed by atoms with van der Waals surface area (Å²) in [5.74, 6) is 0. The lowest BCUT2D eigenvalue weighted by Crippen LogP contribution is -2.49. The highest BCUT2D eigenvalue weighted by molar-refractivity contribution is 4.83. The van der Waals surface area contributed by atoms with Gasteiger partial charge in [-0.25, -0.2) is 0 Å². The molecule has 4 N–H and O–H groups in total. The molecule has 0 bridgehead atoms. The largest absolute Gasteiger partial charge is 0.395 e. The molecular formula is C10H24N2O. The van der Waals surface area contributed by atoms with Crippen LogP contribution in [0.2, 0.25) is 0 Å². The summed E-state index contributed by atoms with van der Waals surface area (Å²) in [5, 5.41) is 12.0. The minimum Gasteiger partial charge on any atom is -0.395 e. The molecule has 1 unspecified atom stereocenters. The highest BCUT2D eigenvalue weighted by Crippen LogP contribution is 2.12. The number of unbranched alkanes of at least 4 members (excludes halogenated alkanes) is 2. The van der Waals surface area contributed by atoms with Gasteiger partial charge in [-0.1, -0.05) is 26.2 Å². The highest BCUT2D eigenvalue weighted by atomic mass is 16.3. The van der Waals surface area contributed by atoms with Gasteiger partial charge in [0.15, 0.2) is 0 Å².